The molecule has 3 nitrogen and oxygen atoms in total. The van der Waals surface area contributed by atoms with E-state index in [1.807, 2.05) is 24.3 Å². The van der Waals surface area contributed by atoms with Gasteiger partial charge in [0, 0.05) is 46.6 Å². The maximum absolute atomic E-state index is 11.1. The first-order valence-corrected chi connectivity index (χ1v) is 8.97. The SMILES string of the molecule is CC(=O)NCCc1cn(Cc2ccccc2Br)c2ccc(Cl)cc12. The molecule has 1 N–H and O–H groups in total. The highest BCUT2D eigenvalue weighted by Gasteiger charge is 2.10. The smallest absolute Gasteiger partial charge is 0.216 e. The van der Waals surface area contributed by atoms with Crippen LogP contribution < -0.4 is 5.32 Å². The molecule has 1 aromatic heterocycles. The molecule has 1 amide bonds. The van der Waals surface area contributed by atoms with E-state index in [2.05, 4.69) is 50.2 Å². The molecule has 24 heavy (non-hydrogen) atoms. The van der Waals surface area contributed by atoms with E-state index in [4.69, 9.17) is 11.6 Å². The lowest BCUT2D eigenvalue weighted by atomic mass is 10.1. The molecule has 0 spiro atoms. The summed E-state index contributed by atoms with van der Waals surface area (Å²) in [4.78, 5) is 11.1. The minimum Gasteiger partial charge on any atom is -0.356 e. The van der Waals surface area contributed by atoms with Crippen molar-refractivity contribution in [2.75, 3.05) is 6.54 Å². The number of nitrogens with one attached hydrogen (secondary N) is 1. The third-order valence-corrected chi connectivity index (χ3v) is 5.00. The second-order valence-corrected chi connectivity index (χ2v) is 7.06. The van der Waals surface area contributed by atoms with E-state index < -0.39 is 0 Å². The molecular formula is C19H18BrClN2O. The fraction of sp³-hybridized carbons (Fsp3) is 0.211. The van der Waals surface area contributed by atoms with Gasteiger partial charge in [0.05, 0.1) is 0 Å². The Morgan fingerprint density at radius 2 is 2.00 bits per heavy atom. The maximum atomic E-state index is 11.1. The van der Waals surface area contributed by atoms with Crippen molar-refractivity contribution in [3.8, 4) is 0 Å². The number of amides is 1. The zero-order valence-corrected chi connectivity index (χ0v) is 15.7. The van der Waals surface area contributed by atoms with Gasteiger partial charge in [-0.2, -0.15) is 0 Å². The van der Waals surface area contributed by atoms with E-state index in [1.165, 1.54) is 18.1 Å². The van der Waals surface area contributed by atoms with Gasteiger partial charge in [0.25, 0.3) is 0 Å². The topological polar surface area (TPSA) is 34.0 Å². The third kappa shape index (κ3) is 3.82. The number of carbonyl (C=O) groups excluding carboxylic acids is 1. The highest BCUT2D eigenvalue weighted by atomic mass is 79.9. The van der Waals surface area contributed by atoms with E-state index in [1.54, 1.807) is 0 Å². The van der Waals surface area contributed by atoms with Gasteiger partial charge < -0.3 is 9.88 Å². The number of hydrogen-bond donors (Lipinski definition) is 1. The van der Waals surface area contributed by atoms with Gasteiger partial charge in [-0.25, -0.2) is 0 Å². The van der Waals surface area contributed by atoms with Crippen LogP contribution in [0.3, 0.4) is 0 Å². The summed E-state index contributed by atoms with van der Waals surface area (Å²) in [6.45, 7) is 2.93. The Labute approximate surface area is 154 Å². The second-order valence-electron chi connectivity index (χ2n) is 5.77. The molecule has 0 saturated carbocycles. The number of benzene rings is 2. The van der Waals surface area contributed by atoms with Crippen LogP contribution in [-0.2, 0) is 17.8 Å². The quantitative estimate of drug-likeness (QED) is 0.651. The minimum atomic E-state index is -0.00927. The zero-order chi connectivity index (χ0) is 17.1. The third-order valence-electron chi connectivity index (χ3n) is 3.99. The molecule has 0 atom stereocenters. The fourth-order valence-corrected chi connectivity index (χ4v) is 3.44. The van der Waals surface area contributed by atoms with E-state index >= 15 is 0 Å². The van der Waals surface area contributed by atoms with Crippen molar-refractivity contribution in [1.29, 1.82) is 0 Å². The number of nitrogens with zero attached hydrogens (tertiary/aromatic N) is 1. The molecule has 124 valence electrons. The number of halogens is 2. The number of aromatic nitrogens is 1. The molecule has 0 fully saturated rings. The van der Waals surface area contributed by atoms with Gasteiger partial charge in [-0.1, -0.05) is 45.7 Å². The molecular weight excluding hydrogens is 388 g/mol. The lowest BCUT2D eigenvalue weighted by Crippen LogP contribution is -2.22. The van der Waals surface area contributed by atoms with Crippen LogP contribution >= 0.6 is 27.5 Å². The summed E-state index contributed by atoms with van der Waals surface area (Å²) in [6.07, 6.45) is 2.93. The Kier molecular flexibility index (Phi) is 5.27. The van der Waals surface area contributed by atoms with Crippen LogP contribution in [0.15, 0.2) is 53.1 Å². The minimum absolute atomic E-state index is 0.00927. The molecule has 0 aliphatic carbocycles. The van der Waals surface area contributed by atoms with Crippen molar-refractivity contribution in [3.63, 3.8) is 0 Å². The van der Waals surface area contributed by atoms with Crippen LogP contribution in [0, 0.1) is 0 Å². The molecule has 5 heteroatoms. The molecule has 2 aromatic carbocycles. The van der Waals surface area contributed by atoms with Crippen molar-refractivity contribution in [1.82, 2.24) is 9.88 Å². The van der Waals surface area contributed by atoms with Crippen LogP contribution in [0.4, 0.5) is 0 Å². The molecule has 0 aliphatic heterocycles. The predicted molar refractivity (Wildman–Crippen MR) is 103 cm³/mol. The Hall–Kier alpha value is -1.78. The summed E-state index contributed by atoms with van der Waals surface area (Å²) < 4.78 is 3.33. The molecule has 3 rings (SSSR count). The molecule has 0 aliphatic rings. The van der Waals surface area contributed by atoms with Crippen LogP contribution in [0.5, 0.6) is 0 Å². The van der Waals surface area contributed by atoms with Gasteiger partial charge in [0.2, 0.25) is 5.91 Å². The lowest BCUT2D eigenvalue weighted by Gasteiger charge is -2.07. The molecule has 0 unspecified atom stereocenters. The van der Waals surface area contributed by atoms with E-state index in [-0.39, 0.29) is 5.91 Å². The number of rotatable bonds is 5. The van der Waals surface area contributed by atoms with E-state index in [0.717, 1.165) is 33.4 Å². The van der Waals surface area contributed by atoms with Gasteiger partial charge in [-0.15, -0.1) is 0 Å². The van der Waals surface area contributed by atoms with Gasteiger partial charge in [0.15, 0.2) is 0 Å². The summed E-state index contributed by atoms with van der Waals surface area (Å²) in [7, 11) is 0. The monoisotopic (exact) mass is 404 g/mol. The Morgan fingerprint density at radius 3 is 2.75 bits per heavy atom. The first-order chi connectivity index (χ1) is 11.5. The van der Waals surface area contributed by atoms with Crippen molar-refractivity contribution in [2.24, 2.45) is 0 Å². The largest absolute Gasteiger partial charge is 0.356 e. The van der Waals surface area contributed by atoms with Crippen LogP contribution in [0.1, 0.15) is 18.1 Å². The molecule has 0 bridgehead atoms. The van der Waals surface area contributed by atoms with Gasteiger partial charge in [0.1, 0.15) is 0 Å². The van der Waals surface area contributed by atoms with Crippen LogP contribution in [0.2, 0.25) is 5.02 Å². The number of fused-ring (bicyclic) bond motifs is 1. The maximum Gasteiger partial charge on any atom is 0.216 e. The molecule has 0 saturated heterocycles. The fourth-order valence-electron chi connectivity index (χ4n) is 2.86. The highest BCUT2D eigenvalue weighted by Crippen LogP contribution is 2.27. The summed E-state index contributed by atoms with van der Waals surface area (Å²) in [5, 5.41) is 4.72. The average molecular weight is 406 g/mol. The van der Waals surface area contributed by atoms with Crippen molar-refractivity contribution in [3.05, 3.63) is 69.3 Å². The second kappa shape index (κ2) is 7.41. The van der Waals surface area contributed by atoms with Crippen LogP contribution in [0.25, 0.3) is 10.9 Å². The molecule has 3 aromatic rings. The molecule has 0 radical (unpaired) electrons. The number of carbonyl (C=O) groups is 1. The summed E-state index contributed by atoms with van der Waals surface area (Å²) in [5.74, 6) is -0.00927. The standard InChI is InChI=1S/C19H18BrClN2O/c1-13(24)22-9-8-14-11-23(12-15-4-2-3-5-18(15)20)19-7-6-16(21)10-17(14)19/h2-7,10-11H,8-9,12H2,1H3,(H,22,24). The van der Waals surface area contributed by atoms with Crippen molar-refractivity contribution < 1.29 is 4.79 Å². The molecule has 1 heterocycles. The van der Waals surface area contributed by atoms with Crippen LogP contribution in [-0.4, -0.2) is 17.0 Å². The summed E-state index contributed by atoms with van der Waals surface area (Å²) in [5.41, 5.74) is 3.55. The van der Waals surface area contributed by atoms with Crippen molar-refractivity contribution in [2.45, 2.75) is 19.9 Å². The van der Waals surface area contributed by atoms with Gasteiger partial charge in [-0.05, 0) is 41.8 Å². The van der Waals surface area contributed by atoms with Gasteiger partial charge in [-0.3, -0.25) is 4.79 Å². The first-order valence-electron chi connectivity index (χ1n) is 7.79. The normalized spacial score (nSPS) is 11.0. The van der Waals surface area contributed by atoms with E-state index in [0.29, 0.717) is 6.54 Å². The Bertz CT molecular complexity index is 888. The average Bonchev–Trinajstić information content (AvgIpc) is 2.86. The summed E-state index contributed by atoms with van der Waals surface area (Å²) >= 11 is 9.80. The zero-order valence-electron chi connectivity index (χ0n) is 13.4. The predicted octanol–water partition coefficient (Wildman–Crippen LogP) is 4.78. The number of hydrogen-bond acceptors (Lipinski definition) is 1. The lowest BCUT2D eigenvalue weighted by molar-refractivity contribution is -0.118. The van der Waals surface area contributed by atoms with Gasteiger partial charge >= 0.3 is 0 Å². The van der Waals surface area contributed by atoms with E-state index in [9.17, 15) is 4.79 Å². The highest BCUT2D eigenvalue weighted by molar-refractivity contribution is 9.10. The van der Waals surface area contributed by atoms with Crippen molar-refractivity contribution >= 4 is 44.3 Å². The first kappa shape index (κ1) is 17.1. The Morgan fingerprint density at radius 1 is 1.21 bits per heavy atom. The summed E-state index contributed by atoms with van der Waals surface area (Å²) in [6, 6.07) is 14.2. The Balaban J connectivity index is 1.96.